The third-order valence-corrected chi connectivity index (χ3v) is 6.85. The van der Waals surface area contributed by atoms with E-state index in [-0.39, 0.29) is 23.4 Å². The quantitative estimate of drug-likeness (QED) is 0.708. The zero-order valence-corrected chi connectivity index (χ0v) is 19.2. The average molecular weight is 446 g/mol. The van der Waals surface area contributed by atoms with Gasteiger partial charge in [-0.15, -0.1) is 0 Å². The van der Waals surface area contributed by atoms with E-state index in [9.17, 15) is 13.2 Å². The largest absolute Gasteiger partial charge is 0.497 e. The normalized spacial score (nSPS) is 17.7. The number of carbonyl (C=O) groups is 1. The number of ether oxygens (including phenoxy) is 1. The van der Waals surface area contributed by atoms with Crippen molar-refractivity contribution in [2.75, 3.05) is 25.5 Å². The van der Waals surface area contributed by atoms with Crippen LogP contribution in [0.25, 0.3) is 0 Å². The number of sulfonamides is 1. The minimum atomic E-state index is -3.85. The molecule has 3 N–H and O–H groups in total. The van der Waals surface area contributed by atoms with Crippen LogP contribution in [0.3, 0.4) is 0 Å². The van der Waals surface area contributed by atoms with Gasteiger partial charge < -0.3 is 10.1 Å². The van der Waals surface area contributed by atoms with Gasteiger partial charge >= 0.3 is 0 Å². The lowest BCUT2D eigenvalue weighted by atomic mass is 10.0. The Morgan fingerprint density at radius 2 is 1.87 bits per heavy atom. The van der Waals surface area contributed by atoms with Gasteiger partial charge in [0, 0.05) is 11.7 Å². The predicted molar refractivity (Wildman–Crippen MR) is 122 cm³/mol. The summed E-state index contributed by atoms with van der Waals surface area (Å²) in [5.41, 5.74) is 3.22. The lowest BCUT2D eigenvalue weighted by Crippen LogP contribution is -2.36. The number of methoxy groups -OCH3 is 1. The number of nitrogens with two attached hydrogens (primary N) is 1. The second-order valence-corrected chi connectivity index (χ2v) is 9.68. The van der Waals surface area contributed by atoms with Gasteiger partial charge in [-0.3, -0.25) is 9.69 Å². The standard InChI is InChI=1S/C23H31N3O4S/c1-16-13-20(31(24,28)29)14-21(17(16)2)25-23(27)15-26-12-6-4-5-7-22(26)18-8-10-19(30-3)11-9-18/h8-11,13-14,22H,4-7,12,15H2,1-3H3,(H,25,27)(H2,24,28,29)/t22-/m0/s1. The van der Waals surface area contributed by atoms with Crippen LogP contribution >= 0.6 is 0 Å². The summed E-state index contributed by atoms with van der Waals surface area (Å²) in [5.74, 6) is 0.636. The van der Waals surface area contributed by atoms with Crippen LogP contribution in [-0.2, 0) is 14.8 Å². The molecule has 2 aromatic carbocycles. The van der Waals surface area contributed by atoms with Gasteiger partial charge in [0.15, 0.2) is 0 Å². The zero-order valence-electron chi connectivity index (χ0n) is 18.3. The number of likely N-dealkylation sites (tertiary alicyclic amines) is 1. The smallest absolute Gasteiger partial charge is 0.238 e. The Kier molecular flexibility index (Phi) is 7.35. The third kappa shape index (κ3) is 5.84. The molecule has 1 amide bonds. The number of primary sulfonamides is 1. The van der Waals surface area contributed by atoms with Crippen molar-refractivity contribution in [3.05, 3.63) is 53.1 Å². The van der Waals surface area contributed by atoms with Crippen LogP contribution in [0.4, 0.5) is 5.69 Å². The molecule has 1 atom stereocenters. The number of benzene rings is 2. The molecule has 1 aliphatic heterocycles. The Balaban J connectivity index is 1.79. The van der Waals surface area contributed by atoms with E-state index in [1.165, 1.54) is 17.7 Å². The molecule has 0 bridgehead atoms. The first kappa shape index (κ1) is 23.2. The van der Waals surface area contributed by atoms with E-state index in [2.05, 4.69) is 22.3 Å². The first-order chi connectivity index (χ1) is 14.7. The molecule has 2 aromatic rings. The molecular weight excluding hydrogens is 414 g/mol. The highest BCUT2D eigenvalue weighted by molar-refractivity contribution is 7.89. The van der Waals surface area contributed by atoms with Crippen molar-refractivity contribution in [3.8, 4) is 5.75 Å². The van der Waals surface area contributed by atoms with Gasteiger partial charge in [-0.25, -0.2) is 13.6 Å². The van der Waals surface area contributed by atoms with Gasteiger partial charge in [0.1, 0.15) is 5.75 Å². The number of nitrogens with zero attached hydrogens (tertiary/aromatic N) is 1. The van der Waals surface area contributed by atoms with E-state index in [0.29, 0.717) is 5.69 Å². The van der Waals surface area contributed by atoms with Crippen molar-refractivity contribution >= 4 is 21.6 Å². The maximum Gasteiger partial charge on any atom is 0.238 e. The molecule has 0 unspecified atom stereocenters. The number of hydrogen-bond donors (Lipinski definition) is 2. The van der Waals surface area contributed by atoms with Crippen LogP contribution in [0.5, 0.6) is 5.75 Å². The van der Waals surface area contributed by atoms with Crippen LogP contribution in [0.1, 0.15) is 48.4 Å². The Morgan fingerprint density at radius 3 is 2.52 bits per heavy atom. The topological polar surface area (TPSA) is 102 Å². The summed E-state index contributed by atoms with van der Waals surface area (Å²) in [6.07, 6.45) is 4.28. The molecule has 3 rings (SSSR count). The van der Waals surface area contributed by atoms with E-state index in [4.69, 9.17) is 9.88 Å². The van der Waals surface area contributed by atoms with Gasteiger partial charge in [0.05, 0.1) is 18.6 Å². The molecule has 1 aliphatic rings. The summed E-state index contributed by atoms with van der Waals surface area (Å²) in [6.45, 7) is 4.71. The van der Waals surface area contributed by atoms with Crippen molar-refractivity contribution in [1.29, 1.82) is 0 Å². The van der Waals surface area contributed by atoms with Crippen LogP contribution in [-0.4, -0.2) is 39.4 Å². The van der Waals surface area contributed by atoms with Crippen LogP contribution in [0, 0.1) is 13.8 Å². The zero-order chi connectivity index (χ0) is 22.6. The van der Waals surface area contributed by atoms with E-state index in [1.54, 1.807) is 14.0 Å². The summed E-state index contributed by atoms with van der Waals surface area (Å²) in [5, 5.41) is 8.19. The Hall–Kier alpha value is -2.42. The highest BCUT2D eigenvalue weighted by Gasteiger charge is 2.25. The van der Waals surface area contributed by atoms with Crippen molar-refractivity contribution in [2.24, 2.45) is 5.14 Å². The molecule has 1 heterocycles. The molecule has 0 aromatic heterocycles. The first-order valence-corrected chi connectivity index (χ1v) is 12.1. The summed E-state index contributed by atoms with van der Waals surface area (Å²) in [6, 6.07) is 11.1. The van der Waals surface area contributed by atoms with E-state index < -0.39 is 10.0 Å². The fourth-order valence-electron chi connectivity index (χ4n) is 4.06. The lowest BCUT2D eigenvalue weighted by Gasteiger charge is -2.30. The van der Waals surface area contributed by atoms with Crippen LogP contribution in [0.2, 0.25) is 0 Å². The number of aryl methyl sites for hydroxylation is 1. The van der Waals surface area contributed by atoms with Crippen molar-refractivity contribution in [3.63, 3.8) is 0 Å². The van der Waals surface area contributed by atoms with Gasteiger partial charge in [-0.05, 0) is 74.2 Å². The molecule has 7 nitrogen and oxygen atoms in total. The van der Waals surface area contributed by atoms with Crippen LogP contribution in [0.15, 0.2) is 41.3 Å². The number of carbonyl (C=O) groups excluding carboxylic acids is 1. The number of hydrogen-bond acceptors (Lipinski definition) is 5. The maximum atomic E-state index is 12.9. The molecule has 8 heteroatoms. The van der Waals surface area contributed by atoms with Gasteiger partial charge in [0.2, 0.25) is 15.9 Å². The second-order valence-electron chi connectivity index (χ2n) is 8.11. The van der Waals surface area contributed by atoms with E-state index >= 15 is 0 Å². The number of amides is 1. The Bertz CT molecular complexity index is 1040. The molecule has 31 heavy (non-hydrogen) atoms. The Labute approximate surface area is 184 Å². The Morgan fingerprint density at radius 1 is 1.16 bits per heavy atom. The highest BCUT2D eigenvalue weighted by atomic mass is 32.2. The third-order valence-electron chi connectivity index (χ3n) is 5.95. The minimum Gasteiger partial charge on any atom is -0.497 e. The molecule has 1 saturated heterocycles. The van der Waals surface area contributed by atoms with Gasteiger partial charge in [-0.2, -0.15) is 0 Å². The molecular formula is C23H31N3O4S. The minimum absolute atomic E-state index is 0.00298. The maximum absolute atomic E-state index is 12.9. The average Bonchev–Trinajstić information content (AvgIpc) is 2.96. The van der Waals surface area contributed by atoms with Crippen LogP contribution < -0.4 is 15.2 Å². The fourth-order valence-corrected chi connectivity index (χ4v) is 4.68. The highest BCUT2D eigenvalue weighted by Crippen LogP contribution is 2.31. The number of anilines is 1. The second kappa shape index (κ2) is 9.80. The molecule has 1 fully saturated rings. The SMILES string of the molecule is COc1ccc([C@@H]2CCCCCN2CC(=O)Nc2cc(S(N)(=O)=O)cc(C)c2C)cc1. The first-order valence-electron chi connectivity index (χ1n) is 10.5. The van der Waals surface area contributed by atoms with Crippen molar-refractivity contribution in [2.45, 2.75) is 50.5 Å². The van der Waals surface area contributed by atoms with Gasteiger partial charge in [-0.1, -0.05) is 25.0 Å². The number of nitrogens with one attached hydrogen (secondary N) is 1. The lowest BCUT2D eigenvalue weighted by molar-refractivity contribution is -0.117. The van der Waals surface area contributed by atoms with E-state index in [1.807, 2.05) is 19.1 Å². The predicted octanol–water partition coefficient (Wildman–Crippen LogP) is 3.52. The molecule has 0 radical (unpaired) electrons. The van der Waals surface area contributed by atoms with E-state index in [0.717, 1.165) is 49.1 Å². The summed E-state index contributed by atoms with van der Waals surface area (Å²) < 4.78 is 28.8. The summed E-state index contributed by atoms with van der Waals surface area (Å²) >= 11 is 0. The van der Waals surface area contributed by atoms with Gasteiger partial charge in [0.25, 0.3) is 0 Å². The van der Waals surface area contributed by atoms with Crippen molar-refractivity contribution < 1.29 is 17.9 Å². The number of rotatable bonds is 6. The molecule has 0 saturated carbocycles. The van der Waals surface area contributed by atoms with Crippen molar-refractivity contribution in [1.82, 2.24) is 4.90 Å². The molecule has 168 valence electrons. The monoisotopic (exact) mass is 445 g/mol. The fraction of sp³-hybridized carbons (Fsp3) is 0.435. The summed E-state index contributed by atoms with van der Waals surface area (Å²) in [4.78, 5) is 15.1. The molecule has 0 spiro atoms. The summed E-state index contributed by atoms with van der Waals surface area (Å²) in [7, 11) is -2.21. The molecule has 0 aliphatic carbocycles.